The second-order valence-corrected chi connectivity index (χ2v) is 15.0. The number of thiophene rings is 1. The van der Waals surface area contributed by atoms with Crippen molar-refractivity contribution in [2.45, 2.75) is 0 Å². The van der Waals surface area contributed by atoms with Crippen molar-refractivity contribution in [1.82, 2.24) is 4.57 Å². The minimum atomic E-state index is -3.11. The summed E-state index contributed by atoms with van der Waals surface area (Å²) in [4.78, 5) is 2.52. The summed E-state index contributed by atoms with van der Waals surface area (Å²) in [5, 5.41) is 4.97. The van der Waals surface area contributed by atoms with Crippen LogP contribution >= 0.6 is 18.5 Å². The van der Waals surface area contributed by atoms with E-state index in [2.05, 4.69) is 126 Å². The van der Waals surface area contributed by atoms with Crippen molar-refractivity contribution in [2.75, 3.05) is 0 Å². The smallest absolute Gasteiger partial charge is 0.172 e. The molecule has 4 heteroatoms. The highest BCUT2D eigenvalue weighted by atomic mass is 32.1. The Labute approximate surface area is 259 Å². The van der Waals surface area contributed by atoms with Crippen molar-refractivity contribution in [3.05, 3.63) is 158 Å². The standard InChI is InChI=1S/C40H26NOPS/c42-43(30-13-5-2-6-14-30)36-18-10-8-15-31(36)32-23-24-35-39(40(32)43)33-16-7-9-17-34(33)41(35)29-21-19-28(20-22-29)38-26-25-37(44-38)27-11-3-1-4-12-27/h1-26H. The third kappa shape index (κ3) is 3.64. The Balaban J connectivity index is 1.25. The second-order valence-electron chi connectivity index (χ2n) is 11.2. The van der Waals surface area contributed by atoms with Gasteiger partial charge >= 0.3 is 0 Å². The molecule has 208 valence electrons. The summed E-state index contributed by atoms with van der Waals surface area (Å²) in [7, 11) is -3.11. The fraction of sp³-hybridized carbons (Fsp3) is 0. The lowest BCUT2D eigenvalue weighted by atomic mass is 10.0. The topological polar surface area (TPSA) is 22.0 Å². The monoisotopic (exact) mass is 599 g/mol. The van der Waals surface area contributed by atoms with Gasteiger partial charge in [-0.15, -0.1) is 11.3 Å². The third-order valence-corrected chi connectivity index (χ3v) is 13.2. The maximum atomic E-state index is 15.6. The SMILES string of the molecule is O=P1(c2ccccc2)c2ccccc2-c2ccc3c(c21)c1ccccc1n3-c1ccc(-c2ccc(-c3ccccc3)s2)cc1. The number of para-hydroxylation sites is 1. The van der Waals surface area contributed by atoms with Crippen LogP contribution in [0.2, 0.25) is 0 Å². The summed E-state index contributed by atoms with van der Waals surface area (Å²) in [6.07, 6.45) is 0. The maximum Gasteiger partial charge on any atom is 0.172 e. The van der Waals surface area contributed by atoms with E-state index in [0.29, 0.717) is 0 Å². The minimum Gasteiger partial charge on any atom is -0.309 e. The van der Waals surface area contributed by atoms with E-state index in [9.17, 15) is 0 Å². The van der Waals surface area contributed by atoms with Gasteiger partial charge in [0.15, 0.2) is 7.14 Å². The molecule has 0 radical (unpaired) electrons. The van der Waals surface area contributed by atoms with Crippen molar-refractivity contribution >= 4 is 56.2 Å². The predicted molar refractivity (Wildman–Crippen MR) is 188 cm³/mol. The number of hydrogen-bond donors (Lipinski definition) is 0. The van der Waals surface area contributed by atoms with Crippen LogP contribution in [0, 0.1) is 0 Å². The van der Waals surface area contributed by atoms with E-state index in [1.807, 2.05) is 47.7 Å². The van der Waals surface area contributed by atoms with E-state index in [1.54, 1.807) is 0 Å². The van der Waals surface area contributed by atoms with Crippen LogP contribution in [0.3, 0.4) is 0 Å². The summed E-state index contributed by atoms with van der Waals surface area (Å²) in [5.74, 6) is 0. The molecule has 1 aliphatic heterocycles. The normalized spacial score (nSPS) is 15.5. The zero-order chi connectivity index (χ0) is 29.3. The first-order valence-electron chi connectivity index (χ1n) is 14.8. The molecule has 1 atom stereocenters. The Morgan fingerprint density at radius 1 is 0.500 bits per heavy atom. The average molecular weight is 600 g/mol. The molecule has 6 aromatic carbocycles. The third-order valence-electron chi connectivity index (χ3n) is 8.85. The Morgan fingerprint density at radius 3 is 1.91 bits per heavy atom. The van der Waals surface area contributed by atoms with Crippen LogP contribution in [0.15, 0.2) is 158 Å². The maximum absolute atomic E-state index is 15.6. The van der Waals surface area contributed by atoms with Crippen molar-refractivity contribution < 1.29 is 4.57 Å². The van der Waals surface area contributed by atoms with E-state index >= 15 is 4.57 Å². The molecular formula is C40H26NOPS. The molecule has 44 heavy (non-hydrogen) atoms. The molecule has 0 bridgehead atoms. The van der Waals surface area contributed by atoms with Gasteiger partial charge < -0.3 is 9.13 Å². The van der Waals surface area contributed by atoms with Crippen LogP contribution in [0.5, 0.6) is 0 Å². The summed E-state index contributed by atoms with van der Waals surface area (Å²) in [6.45, 7) is 0. The lowest BCUT2D eigenvalue weighted by Crippen LogP contribution is -2.21. The van der Waals surface area contributed by atoms with Gasteiger partial charge in [-0.05, 0) is 58.7 Å². The van der Waals surface area contributed by atoms with Crippen LogP contribution in [0.1, 0.15) is 0 Å². The molecule has 0 saturated carbocycles. The number of aromatic nitrogens is 1. The molecule has 2 nitrogen and oxygen atoms in total. The van der Waals surface area contributed by atoms with Gasteiger partial charge in [-0.2, -0.15) is 0 Å². The summed E-state index contributed by atoms with van der Waals surface area (Å²) < 4.78 is 17.9. The number of benzene rings is 6. The van der Waals surface area contributed by atoms with Crippen molar-refractivity contribution in [2.24, 2.45) is 0 Å². The largest absolute Gasteiger partial charge is 0.309 e. The lowest BCUT2D eigenvalue weighted by Gasteiger charge is -2.17. The Kier molecular flexibility index (Phi) is 5.68. The molecule has 0 saturated heterocycles. The summed E-state index contributed by atoms with van der Waals surface area (Å²) in [6, 6.07) is 55.0. The summed E-state index contributed by atoms with van der Waals surface area (Å²) >= 11 is 1.81. The van der Waals surface area contributed by atoms with Gasteiger partial charge in [-0.25, -0.2) is 0 Å². The van der Waals surface area contributed by atoms with Gasteiger partial charge in [-0.3, -0.25) is 0 Å². The van der Waals surface area contributed by atoms with Crippen LogP contribution in [-0.4, -0.2) is 4.57 Å². The van der Waals surface area contributed by atoms with Crippen LogP contribution < -0.4 is 15.9 Å². The highest BCUT2D eigenvalue weighted by molar-refractivity contribution is 7.86. The molecule has 2 aromatic heterocycles. The average Bonchev–Trinajstić information content (AvgIpc) is 3.79. The van der Waals surface area contributed by atoms with Gasteiger partial charge in [0.1, 0.15) is 0 Å². The fourth-order valence-corrected chi connectivity index (χ4v) is 11.2. The number of rotatable bonds is 4. The zero-order valence-electron chi connectivity index (χ0n) is 23.7. The Hall–Kier alpha value is -4.95. The van der Waals surface area contributed by atoms with Crippen LogP contribution in [0.25, 0.3) is 59.5 Å². The van der Waals surface area contributed by atoms with Crippen molar-refractivity contribution in [1.29, 1.82) is 0 Å². The molecule has 0 amide bonds. The van der Waals surface area contributed by atoms with E-state index in [-0.39, 0.29) is 0 Å². The van der Waals surface area contributed by atoms with E-state index in [0.717, 1.165) is 54.5 Å². The van der Waals surface area contributed by atoms with Gasteiger partial charge in [0, 0.05) is 42.1 Å². The van der Waals surface area contributed by atoms with E-state index in [1.165, 1.54) is 20.9 Å². The molecule has 3 heterocycles. The molecule has 0 N–H and O–H groups in total. The molecule has 1 aliphatic rings. The first-order valence-corrected chi connectivity index (χ1v) is 17.3. The van der Waals surface area contributed by atoms with Crippen molar-refractivity contribution in [3.63, 3.8) is 0 Å². The molecule has 0 fully saturated rings. The second kappa shape index (κ2) is 9.79. The van der Waals surface area contributed by atoms with Gasteiger partial charge in [0.25, 0.3) is 0 Å². The molecule has 0 aliphatic carbocycles. The summed E-state index contributed by atoms with van der Waals surface area (Å²) in [5.41, 5.74) is 7.87. The van der Waals surface area contributed by atoms with E-state index in [4.69, 9.17) is 0 Å². The zero-order valence-corrected chi connectivity index (χ0v) is 25.4. The van der Waals surface area contributed by atoms with Crippen molar-refractivity contribution in [3.8, 4) is 37.7 Å². The lowest BCUT2D eigenvalue weighted by molar-refractivity contribution is 0.593. The highest BCUT2D eigenvalue weighted by Crippen LogP contribution is 2.55. The minimum absolute atomic E-state index is 0.880. The fourth-order valence-electron chi connectivity index (χ4n) is 6.89. The molecule has 9 rings (SSSR count). The molecule has 8 aromatic rings. The number of nitrogens with zero attached hydrogens (tertiary/aromatic N) is 1. The molecule has 0 spiro atoms. The first kappa shape index (κ1) is 25.5. The van der Waals surface area contributed by atoms with E-state index < -0.39 is 7.14 Å². The quantitative estimate of drug-likeness (QED) is 0.185. The van der Waals surface area contributed by atoms with Gasteiger partial charge in [0.2, 0.25) is 0 Å². The highest BCUT2D eigenvalue weighted by Gasteiger charge is 2.42. The van der Waals surface area contributed by atoms with Gasteiger partial charge in [-0.1, -0.05) is 121 Å². The van der Waals surface area contributed by atoms with Gasteiger partial charge in [0.05, 0.1) is 11.0 Å². The Bertz CT molecular complexity index is 2400. The molecular weight excluding hydrogens is 573 g/mol. The molecule has 1 unspecified atom stereocenters. The predicted octanol–water partition coefficient (Wildman–Crippen LogP) is 9.80. The first-order chi connectivity index (χ1) is 21.7. The van der Waals surface area contributed by atoms with Crippen LogP contribution in [0.4, 0.5) is 0 Å². The van der Waals surface area contributed by atoms with Crippen LogP contribution in [-0.2, 0) is 4.57 Å². The number of fused-ring (bicyclic) bond motifs is 7. The Morgan fingerprint density at radius 2 is 1.14 bits per heavy atom. The number of hydrogen-bond acceptors (Lipinski definition) is 2.